The Labute approximate surface area is 196 Å². The van der Waals surface area contributed by atoms with Gasteiger partial charge in [-0.05, 0) is 62.0 Å². The SMILES string of the molecule is NC(=O)c1ccccc1CN1CCC(CN[C@@H]2C[C@H]2c2ccccc2)CC1.O=C(O)C(F)(F)F. The molecule has 184 valence electrons. The van der Waals surface area contributed by atoms with Crippen molar-refractivity contribution in [1.82, 2.24) is 10.2 Å². The molecular formula is C25H30F3N3O3. The number of alkyl halides is 3. The Kier molecular flexibility index (Phi) is 8.68. The molecule has 1 amide bonds. The van der Waals surface area contributed by atoms with Crippen LogP contribution in [0.4, 0.5) is 13.2 Å². The smallest absolute Gasteiger partial charge is 0.475 e. The van der Waals surface area contributed by atoms with E-state index in [9.17, 15) is 18.0 Å². The first-order chi connectivity index (χ1) is 16.1. The van der Waals surface area contributed by atoms with E-state index < -0.39 is 12.1 Å². The highest BCUT2D eigenvalue weighted by molar-refractivity contribution is 5.94. The molecule has 0 unspecified atom stereocenters. The van der Waals surface area contributed by atoms with Crippen molar-refractivity contribution in [3.8, 4) is 0 Å². The summed E-state index contributed by atoms with van der Waals surface area (Å²) in [7, 11) is 0. The normalized spacial score (nSPS) is 20.8. The van der Waals surface area contributed by atoms with Gasteiger partial charge in [0.2, 0.25) is 5.91 Å². The monoisotopic (exact) mass is 477 g/mol. The molecule has 1 heterocycles. The molecule has 6 nitrogen and oxygen atoms in total. The number of hydrogen-bond acceptors (Lipinski definition) is 4. The standard InChI is InChI=1S/C23H29N3O.C2HF3O2/c24-23(27)20-9-5-4-8-19(20)16-26-12-10-17(11-13-26)15-25-22-14-21(22)18-6-2-1-3-7-18;3-2(4,5)1(6)7/h1-9,17,21-22,25H,10-16H2,(H2,24,27);(H,6,7)/t21-,22+;/m0./s1. The number of likely N-dealkylation sites (tertiary alicyclic amines) is 1. The number of halogens is 3. The molecule has 0 radical (unpaired) electrons. The van der Waals surface area contributed by atoms with E-state index in [0.717, 1.165) is 37.7 Å². The van der Waals surface area contributed by atoms with Gasteiger partial charge in [-0.25, -0.2) is 4.79 Å². The minimum absolute atomic E-state index is 0.331. The number of nitrogens with zero attached hydrogens (tertiary/aromatic N) is 1. The van der Waals surface area contributed by atoms with E-state index in [1.807, 2.05) is 24.3 Å². The van der Waals surface area contributed by atoms with Crippen molar-refractivity contribution in [3.63, 3.8) is 0 Å². The lowest BCUT2D eigenvalue weighted by Gasteiger charge is -2.32. The van der Waals surface area contributed by atoms with E-state index in [1.54, 1.807) is 0 Å². The maximum atomic E-state index is 11.6. The molecule has 0 aromatic heterocycles. The molecule has 1 saturated carbocycles. The number of carbonyl (C=O) groups is 2. The van der Waals surface area contributed by atoms with Gasteiger partial charge in [-0.2, -0.15) is 13.2 Å². The fraction of sp³-hybridized carbons (Fsp3) is 0.440. The molecule has 1 aliphatic carbocycles. The van der Waals surface area contributed by atoms with Crippen LogP contribution in [0.5, 0.6) is 0 Å². The number of hydrogen-bond donors (Lipinski definition) is 3. The largest absolute Gasteiger partial charge is 0.490 e. The Bertz CT molecular complexity index is 961. The van der Waals surface area contributed by atoms with E-state index >= 15 is 0 Å². The van der Waals surface area contributed by atoms with Gasteiger partial charge in [-0.3, -0.25) is 9.69 Å². The highest BCUT2D eigenvalue weighted by Gasteiger charge is 2.39. The van der Waals surface area contributed by atoms with E-state index in [4.69, 9.17) is 15.6 Å². The Balaban J connectivity index is 0.000000406. The number of rotatable bonds is 7. The molecule has 0 spiro atoms. The molecule has 2 aliphatic rings. The molecule has 1 saturated heterocycles. The number of benzene rings is 2. The zero-order valence-corrected chi connectivity index (χ0v) is 18.8. The van der Waals surface area contributed by atoms with E-state index in [1.165, 1.54) is 24.8 Å². The van der Waals surface area contributed by atoms with Crippen LogP contribution in [0.25, 0.3) is 0 Å². The number of piperidine rings is 1. The average Bonchev–Trinajstić information content (AvgIpc) is 3.59. The lowest BCUT2D eigenvalue weighted by atomic mass is 9.96. The number of nitrogens with one attached hydrogen (secondary N) is 1. The Morgan fingerprint density at radius 1 is 1.03 bits per heavy atom. The molecular weight excluding hydrogens is 447 g/mol. The second kappa shape index (κ2) is 11.5. The number of carbonyl (C=O) groups excluding carboxylic acids is 1. The topological polar surface area (TPSA) is 95.7 Å². The highest BCUT2D eigenvalue weighted by Crippen LogP contribution is 2.40. The number of amides is 1. The number of primary amides is 1. The van der Waals surface area contributed by atoms with Crippen LogP contribution in [0.3, 0.4) is 0 Å². The maximum Gasteiger partial charge on any atom is 0.490 e. The molecule has 1 aliphatic heterocycles. The fourth-order valence-corrected chi connectivity index (χ4v) is 4.30. The molecule has 0 bridgehead atoms. The summed E-state index contributed by atoms with van der Waals surface area (Å²) in [4.78, 5) is 22.9. The van der Waals surface area contributed by atoms with Crippen molar-refractivity contribution in [1.29, 1.82) is 0 Å². The molecule has 4 N–H and O–H groups in total. The summed E-state index contributed by atoms with van der Waals surface area (Å²) >= 11 is 0. The Morgan fingerprint density at radius 3 is 2.21 bits per heavy atom. The first kappa shape index (κ1) is 25.7. The number of carboxylic acids is 1. The summed E-state index contributed by atoms with van der Waals surface area (Å²) in [6.45, 7) is 4.12. The highest BCUT2D eigenvalue weighted by atomic mass is 19.4. The van der Waals surface area contributed by atoms with Gasteiger partial charge in [0.1, 0.15) is 0 Å². The average molecular weight is 478 g/mol. The minimum Gasteiger partial charge on any atom is -0.475 e. The molecule has 2 fully saturated rings. The van der Waals surface area contributed by atoms with Gasteiger partial charge >= 0.3 is 12.1 Å². The zero-order chi connectivity index (χ0) is 24.7. The molecule has 2 atom stereocenters. The van der Waals surface area contributed by atoms with Gasteiger partial charge in [0.25, 0.3) is 0 Å². The van der Waals surface area contributed by atoms with Crippen LogP contribution in [0.1, 0.15) is 46.7 Å². The summed E-state index contributed by atoms with van der Waals surface area (Å²) < 4.78 is 31.7. The number of nitrogens with two attached hydrogens (primary N) is 1. The third-order valence-corrected chi connectivity index (χ3v) is 6.31. The van der Waals surface area contributed by atoms with Crippen LogP contribution in [0, 0.1) is 5.92 Å². The van der Waals surface area contributed by atoms with Gasteiger partial charge in [-0.1, -0.05) is 48.5 Å². The zero-order valence-electron chi connectivity index (χ0n) is 18.8. The second-order valence-corrected chi connectivity index (χ2v) is 8.81. The van der Waals surface area contributed by atoms with Gasteiger partial charge in [0.15, 0.2) is 0 Å². The number of carboxylic acid groups (broad SMARTS) is 1. The van der Waals surface area contributed by atoms with Crippen molar-refractivity contribution in [3.05, 3.63) is 71.3 Å². The third kappa shape index (κ3) is 7.56. The van der Waals surface area contributed by atoms with Crippen LogP contribution in [0.2, 0.25) is 0 Å². The predicted octanol–water partition coefficient (Wildman–Crippen LogP) is 3.78. The lowest BCUT2D eigenvalue weighted by Crippen LogP contribution is -2.37. The van der Waals surface area contributed by atoms with Gasteiger partial charge < -0.3 is 16.2 Å². The Hall–Kier alpha value is -2.91. The van der Waals surface area contributed by atoms with E-state index in [-0.39, 0.29) is 5.91 Å². The predicted molar refractivity (Wildman–Crippen MR) is 122 cm³/mol. The lowest BCUT2D eigenvalue weighted by molar-refractivity contribution is -0.192. The van der Waals surface area contributed by atoms with Crippen LogP contribution >= 0.6 is 0 Å². The third-order valence-electron chi connectivity index (χ3n) is 6.31. The van der Waals surface area contributed by atoms with Crippen molar-refractivity contribution in [2.75, 3.05) is 19.6 Å². The number of aliphatic carboxylic acids is 1. The molecule has 34 heavy (non-hydrogen) atoms. The van der Waals surface area contributed by atoms with Crippen LogP contribution in [-0.4, -0.2) is 53.7 Å². The van der Waals surface area contributed by atoms with Crippen molar-refractivity contribution in [2.45, 2.75) is 43.9 Å². The quantitative estimate of drug-likeness (QED) is 0.564. The molecule has 9 heteroatoms. The Morgan fingerprint density at radius 2 is 1.62 bits per heavy atom. The summed E-state index contributed by atoms with van der Waals surface area (Å²) in [5.41, 5.74) is 8.67. The van der Waals surface area contributed by atoms with Gasteiger partial charge in [0.05, 0.1) is 0 Å². The van der Waals surface area contributed by atoms with Crippen molar-refractivity contribution >= 4 is 11.9 Å². The summed E-state index contributed by atoms with van der Waals surface area (Å²) in [5, 5.41) is 10.9. The van der Waals surface area contributed by atoms with E-state index in [2.05, 4.69) is 40.5 Å². The van der Waals surface area contributed by atoms with Crippen LogP contribution in [-0.2, 0) is 11.3 Å². The summed E-state index contributed by atoms with van der Waals surface area (Å²) in [6.07, 6.45) is -1.38. The fourth-order valence-electron chi connectivity index (χ4n) is 4.30. The minimum atomic E-state index is -5.08. The van der Waals surface area contributed by atoms with Crippen LogP contribution in [0.15, 0.2) is 54.6 Å². The van der Waals surface area contributed by atoms with Crippen molar-refractivity contribution < 1.29 is 27.9 Å². The molecule has 2 aromatic rings. The van der Waals surface area contributed by atoms with E-state index in [0.29, 0.717) is 17.5 Å². The molecule has 2 aromatic carbocycles. The van der Waals surface area contributed by atoms with Crippen molar-refractivity contribution in [2.24, 2.45) is 11.7 Å². The van der Waals surface area contributed by atoms with Gasteiger partial charge in [-0.15, -0.1) is 0 Å². The summed E-state index contributed by atoms with van der Waals surface area (Å²) in [6, 6.07) is 19.2. The first-order valence-corrected chi connectivity index (χ1v) is 11.3. The van der Waals surface area contributed by atoms with Crippen LogP contribution < -0.4 is 11.1 Å². The van der Waals surface area contributed by atoms with Gasteiger partial charge in [0, 0.05) is 24.1 Å². The second-order valence-electron chi connectivity index (χ2n) is 8.81. The summed E-state index contributed by atoms with van der Waals surface area (Å²) in [5.74, 6) is -1.63. The first-order valence-electron chi connectivity index (χ1n) is 11.3. The molecule has 4 rings (SSSR count). The maximum absolute atomic E-state index is 11.6.